The minimum absolute atomic E-state index is 0.0951. The molecule has 1 aromatic heterocycles. The average Bonchev–Trinajstić information content (AvgIpc) is 3.52. The zero-order chi connectivity index (χ0) is 26.2. The minimum Gasteiger partial charge on any atom is -0.372 e. The summed E-state index contributed by atoms with van der Waals surface area (Å²) in [5.74, 6) is 0.505. The topological polar surface area (TPSA) is 44.7 Å². The van der Waals surface area contributed by atoms with E-state index in [2.05, 4.69) is 56.1 Å². The number of fused-ring (bicyclic) bond motifs is 1. The van der Waals surface area contributed by atoms with E-state index in [4.69, 9.17) is 16.6 Å². The van der Waals surface area contributed by atoms with Crippen LogP contribution < -0.4 is 10.2 Å². The third-order valence-corrected chi connectivity index (χ3v) is 9.26. The van der Waals surface area contributed by atoms with Crippen molar-refractivity contribution in [2.45, 2.75) is 59.8 Å². The summed E-state index contributed by atoms with van der Waals surface area (Å²) in [6.45, 7) is 11.4. The van der Waals surface area contributed by atoms with E-state index in [1.165, 1.54) is 34.5 Å². The van der Waals surface area contributed by atoms with Gasteiger partial charge < -0.3 is 10.2 Å². The fourth-order valence-corrected chi connectivity index (χ4v) is 6.86. The maximum absolute atomic E-state index is 13.6. The molecule has 1 atom stereocenters. The molecular weight excluding hydrogens is 498 g/mol. The number of nitrogens with zero attached hydrogens (tertiary/aromatic N) is 2. The number of aryl methyl sites for hydroxylation is 1. The Balaban J connectivity index is 1.46. The second kappa shape index (κ2) is 10.6. The van der Waals surface area contributed by atoms with Gasteiger partial charge in [-0.15, -0.1) is 11.3 Å². The molecule has 2 aliphatic rings. The summed E-state index contributed by atoms with van der Waals surface area (Å²) in [6, 6.07) is 13.9. The first-order valence-corrected chi connectivity index (χ1v) is 14.5. The van der Waals surface area contributed by atoms with Gasteiger partial charge in [-0.3, -0.25) is 4.79 Å². The van der Waals surface area contributed by atoms with Crippen LogP contribution in [0.1, 0.15) is 72.0 Å². The standard InChI is InChI=1S/C31H36ClN3OS/c1-20-17-25(35-15-5-6-16-35)13-7-21(20)19-33-30-28(29(36)34-24-11-9-23(32)10-12-24)26-14-8-22(31(2,3)4)18-27(26)37-30/h7,9-13,17,19,22H,5-6,8,14-16,18H2,1-4H3,(H,34,36)/t22-/m0/s1. The predicted octanol–water partition coefficient (Wildman–Crippen LogP) is 8.46. The average molecular weight is 534 g/mol. The van der Waals surface area contributed by atoms with Gasteiger partial charge in [-0.1, -0.05) is 38.4 Å². The molecule has 1 aliphatic heterocycles. The van der Waals surface area contributed by atoms with Crippen LogP contribution in [-0.2, 0) is 12.8 Å². The lowest BCUT2D eigenvalue weighted by Gasteiger charge is -2.33. The minimum atomic E-state index is -0.0951. The van der Waals surface area contributed by atoms with Gasteiger partial charge in [0.1, 0.15) is 5.00 Å². The second-order valence-electron chi connectivity index (χ2n) is 11.4. The van der Waals surface area contributed by atoms with Gasteiger partial charge in [-0.05, 0) is 103 Å². The van der Waals surface area contributed by atoms with Crippen LogP contribution in [0.25, 0.3) is 0 Å². The number of nitrogens with one attached hydrogen (secondary N) is 1. The smallest absolute Gasteiger partial charge is 0.259 e. The Morgan fingerprint density at radius 3 is 2.54 bits per heavy atom. The molecule has 2 aromatic carbocycles. The number of benzene rings is 2. The first kappa shape index (κ1) is 26.0. The molecule has 2 heterocycles. The zero-order valence-corrected chi connectivity index (χ0v) is 23.8. The van der Waals surface area contributed by atoms with Crippen molar-refractivity contribution >= 4 is 51.4 Å². The molecule has 3 aromatic rings. The Bertz CT molecular complexity index is 1310. The lowest BCUT2D eigenvalue weighted by molar-refractivity contribution is 0.102. The van der Waals surface area contributed by atoms with E-state index < -0.39 is 0 Å². The van der Waals surface area contributed by atoms with Crippen LogP contribution in [0.15, 0.2) is 47.5 Å². The first-order chi connectivity index (χ1) is 17.7. The fraction of sp³-hybridized carbons (Fsp3) is 0.419. The molecule has 37 heavy (non-hydrogen) atoms. The molecule has 0 spiro atoms. The number of aliphatic imine (C=N–C) groups is 1. The van der Waals surface area contributed by atoms with E-state index in [0.717, 1.165) is 54.2 Å². The van der Waals surface area contributed by atoms with Gasteiger partial charge in [0.25, 0.3) is 5.91 Å². The fourth-order valence-electron chi connectivity index (χ4n) is 5.47. The molecule has 5 rings (SSSR count). The van der Waals surface area contributed by atoms with Crippen LogP contribution in [0.5, 0.6) is 0 Å². The third kappa shape index (κ3) is 5.78. The van der Waals surface area contributed by atoms with Crippen LogP contribution >= 0.6 is 22.9 Å². The molecule has 6 heteroatoms. The molecule has 1 aliphatic carbocycles. The molecule has 1 fully saturated rings. The monoisotopic (exact) mass is 533 g/mol. The van der Waals surface area contributed by atoms with Crippen molar-refractivity contribution in [3.63, 3.8) is 0 Å². The number of halogens is 1. The summed E-state index contributed by atoms with van der Waals surface area (Å²) in [5.41, 5.74) is 6.46. The molecule has 4 nitrogen and oxygen atoms in total. The molecule has 0 bridgehead atoms. The van der Waals surface area contributed by atoms with Crippen LogP contribution in [0, 0.1) is 18.3 Å². The highest BCUT2D eigenvalue weighted by Gasteiger charge is 2.33. The first-order valence-electron chi connectivity index (χ1n) is 13.3. The van der Waals surface area contributed by atoms with Gasteiger partial charge in [0, 0.05) is 40.6 Å². The predicted molar refractivity (Wildman–Crippen MR) is 159 cm³/mol. The summed E-state index contributed by atoms with van der Waals surface area (Å²) in [6.07, 6.45) is 7.47. The number of anilines is 2. The second-order valence-corrected chi connectivity index (χ2v) is 13.0. The zero-order valence-electron chi connectivity index (χ0n) is 22.2. The highest BCUT2D eigenvalue weighted by molar-refractivity contribution is 7.16. The van der Waals surface area contributed by atoms with E-state index >= 15 is 0 Å². The van der Waals surface area contributed by atoms with E-state index in [-0.39, 0.29) is 11.3 Å². The Hall–Kier alpha value is -2.63. The van der Waals surface area contributed by atoms with Crippen molar-refractivity contribution in [3.05, 3.63) is 74.6 Å². The summed E-state index contributed by atoms with van der Waals surface area (Å²) < 4.78 is 0. The molecular formula is C31H36ClN3OS. The highest BCUT2D eigenvalue weighted by atomic mass is 35.5. The molecule has 0 unspecified atom stereocenters. The quantitative estimate of drug-likeness (QED) is 0.334. The summed E-state index contributed by atoms with van der Waals surface area (Å²) >= 11 is 7.73. The lowest BCUT2D eigenvalue weighted by Crippen LogP contribution is -2.27. The summed E-state index contributed by atoms with van der Waals surface area (Å²) in [7, 11) is 0. The number of carbonyl (C=O) groups excluding carboxylic acids is 1. The molecule has 1 saturated heterocycles. The molecule has 1 N–H and O–H groups in total. The van der Waals surface area contributed by atoms with Gasteiger partial charge in [-0.2, -0.15) is 0 Å². The normalized spacial score (nSPS) is 17.9. The third-order valence-electron chi connectivity index (χ3n) is 7.85. The van der Waals surface area contributed by atoms with Crippen molar-refractivity contribution < 1.29 is 4.79 Å². The van der Waals surface area contributed by atoms with Crippen molar-refractivity contribution in [3.8, 4) is 0 Å². The number of carbonyl (C=O) groups is 1. The van der Waals surface area contributed by atoms with E-state index in [1.807, 2.05) is 18.3 Å². The number of thiophene rings is 1. The molecule has 194 valence electrons. The number of amides is 1. The summed E-state index contributed by atoms with van der Waals surface area (Å²) in [5, 5.41) is 4.53. The molecule has 0 radical (unpaired) electrons. The Morgan fingerprint density at radius 2 is 1.86 bits per heavy atom. The number of hydrogen-bond acceptors (Lipinski definition) is 4. The van der Waals surface area contributed by atoms with Crippen LogP contribution in [0.4, 0.5) is 16.4 Å². The van der Waals surface area contributed by atoms with Gasteiger partial charge in [0.15, 0.2) is 0 Å². The maximum Gasteiger partial charge on any atom is 0.259 e. The van der Waals surface area contributed by atoms with Crippen molar-refractivity contribution in [2.24, 2.45) is 16.3 Å². The Labute approximate surface area is 229 Å². The van der Waals surface area contributed by atoms with Crippen molar-refractivity contribution in [1.29, 1.82) is 0 Å². The largest absolute Gasteiger partial charge is 0.372 e. The van der Waals surface area contributed by atoms with Crippen molar-refractivity contribution in [1.82, 2.24) is 0 Å². The van der Waals surface area contributed by atoms with Gasteiger partial charge in [-0.25, -0.2) is 4.99 Å². The van der Waals surface area contributed by atoms with E-state index in [0.29, 0.717) is 10.9 Å². The van der Waals surface area contributed by atoms with Crippen molar-refractivity contribution in [2.75, 3.05) is 23.3 Å². The number of rotatable bonds is 5. The van der Waals surface area contributed by atoms with E-state index in [1.54, 1.807) is 23.5 Å². The van der Waals surface area contributed by atoms with Crippen LogP contribution in [0.2, 0.25) is 5.02 Å². The Kier molecular flexibility index (Phi) is 7.46. The highest BCUT2D eigenvalue weighted by Crippen LogP contribution is 2.45. The van der Waals surface area contributed by atoms with Crippen LogP contribution in [0.3, 0.4) is 0 Å². The lowest BCUT2D eigenvalue weighted by atomic mass is 9.72. The van der Waals surface area contributed by atoms with Gasteiger partial charge in [0.2, 0.25) is 0 Å². The van der Waals surface area contributed by atoms with Gasteiger partial charge in [0.05, 0.1) is 5.56 Å². The summed E-state index contributed by atoms with van der Waals surface area (Å²) in [4.78, 5) is 22.3. The SMILES string of the molecule is Cc1cc(N2CCCC2)ccc1C=Nc1sc2c(c1C(=O)Nc1ccc(Cl)cc1)CC[C@H](C(C)(C)C)C2. The Morgan fingerprint density at radius 1 is 1.14 bits per heavy atom. The molecule has 1 amide bonds. The molecule has 0 saturated carbocycles. The van der Waals surface area contributed by atoms with E-state index in [9.17, 15) is 4.79 Å². The maximum atomic E-state index is 13.6. The van der Waals surface area contributed by atoms with Crippen LogP contribution in [-0.4, -0.2) is 25.2 Å². The number of hydrogen-bond donors (Lipinski definition) is 1. The van der Waals surface area contributed by atoms with Gasteiger partial charge >= 0.3 is 0 Å².